The first-order chi connectivity index (χ1) is 9.97. The molecule has 0 saturated heterocycles. The highest BCUT2D eigenvalue weighted by Crippen LogP contribution is 2.19. The van der Waals surface area contributed by atoms with E-state index in [9.17, 15) is 4.79 Å². The first-order valence-corrected chi connectivity index (χ1v) is 7.57. The summed E-state index contributed by atoms with van der Waals surface area (Å²) in [6.07, 6.45) is 7.14. The lowest BCUT2D eigenvalue weighted by Crippen LogP contribution is -2.24. The van der Waals surface area contributed by atoms with Crippen LogP contribution in [0.15, 0.2) is 30.5 Å². The van der Waals surface area contributed by atoms with Gasteiger partial charge in [0.05, 0.1) is 0 Å². The molecular weight excluding hydrogens is 260 g/mol. The summed E-state index contributed by atoms with van der Waals surface area (Å²) in [5, 5.41) is 3.01. The van der Waals surface area contributed by atoms with Crippen molar-refractivity contribution in [2.45, 2.75) is 41.0 Å². The quantitative estimate of drug-likeness (QED) is 0.624. The van der Waals surface area contributed by atoms with Crippen LogP contribution in [0.3, 0.4) is 0 Å². The van der Waals surface area contributed by atoms with Crippen LogP contribution in [0, 0.1) is 19.8 Å². The Bertz CT molecular complexity index is 524. The number of carbonyl (C=O) groups excluding carboxylic acids is 1. The Morgan fingerprint density at radius 2 is 1.95 bits per heavy atom. The highest BCUT2D eigenvalue weighted by Gasteiger charge is 2.12. The van der Waals surface area contributed by atoms with Gasteiger partial charge in [0.25, 0.3) is 5.91 Å². The summed E-state index contributed by atoms with van der Waals surface area (Å²) >= 11 is 0. The van der Waals surface area contributed by atoms with E-state index in [1.165, 1.54) is 0 Å². The van der Waals surface area contributed by atoms with Crippen LogP contribution in [0.5, 0.6) is 0 Å². The fourth-order valence-corrected chi connectivity index (χ4v) is 1.98. The van der Waals surface area contributed by atoms with Gasteiger partial charge in [-0.2, -0.15) is 0 Å². The minimum absolute atomic E-state index is 0.000647. The zero-order chi connectivity index (χ0) is 15.8. The molecule has 1 unspecified atom stereocenters. The number of amides is 1. The molecule has 0 spiro atoms. The van der Waals surface area contributed by atoms with Gasteiger partial charge in [-0.25, -0.2) is 4.58 Å². The molecule has 1 rings (SSSR count). The number of hydrogen-bond acceptors (Lipinski definition) is 1. The number of aryl methyl sites for hydroxylation is 2. The third-order valence-corrected chi connectivity index (χ3v) is 3.65. The molecule has 0 aliphatic carbocycles. The molecule has 0 bridgehead atoms. The fourth-order valence-electron chi connectivity index (χ4n) is 1.98. The second-order valence-electron chi connectivity index (χ2n) is 5.47. The van der Waals surface area contributed by atoms with E-state index in [0.29, 0.717) is 12.5 Å². The summed E-state index contributed by atoms with van der Waals surface area (Å²) < 4.78 is 1.91. The van der Waals surface area contributed by atoms with Gasteiger partial charge in [0.2, 0.25) is 6.54 Å². The third-order valence-electron chi connectivity index (χ3n) is 3.65. The van der Waals surface area contributed by atoms with Crippen LogP contribution < -0.4 is 5.32 Å². The van der Waals surface area contributed by atoms with E-state index in [0.717, 1.165) is 23.2 Å². The molecule has 0 aliphatic rings. The van der Waals surface area contributed by atoms with Gasteiger partial charge < -0.3 is 5.32 Å². The van der Waals surface area contributed by atoms with Crippen LogP contribution in [0.2, 0.25) is 0 Å². The molecule has 0 aliphatic heterocycles. The maximum absolute atomic E-state index is 12.2. The molecule has 21 heavy (non-hydrogen) atoms. The average Bonchev–Trinajstić information content (AvgIpc) is 2.47. The van der Waals surface area contributed by atoms with Crippen LogP contribution in [-0.4, -0.2) is 23.2 Å². The van der Waals surface area contributed by atoms with E-state index in [1.807, 2.05) is 56.0 Å². The van der Waals surface area contributed by atoms with Crippen molar-refractivity contribution in [1.82, 2.24) is 0 Å². The van der Waals surface area contributed by atoms with Crippen molar-refractivity contribution in [3.8, 4) is 0 Å². The van der Waals surface area contributed by atoms with E-state index < -0.39 is 0 Å². The highest BCUT2D eigenvalue weighted by atomic mass is 16.1. The summed E-state index contributed by atoms with van der Waals surface area (Å²) in [7, 11) is 0. The van der Waals surface area contributed by atoms with Gasteiger partial charge in [0, 0.05) is 12.6 Å². The molecule has 114 valence electrons. The Kier molecular flexibility index (Phi) is 6.86. The number of carbonyl (C=O) groups is 1. The number of anilines is 1. The number of rotatable bonds is 6. The van der Waals surface area contributed by atoms with E-state index in [2.05, 4.69) is 25.2 Å². The largest absolute Gasteiger partial charge is 0.320 e. The Morgan fingerprint density at radius 3 is 2.48 bits per heavy atom. The molecule has 3 heteroatoms. The summed E-state index contributed by atoms with van der Waals surface area (Å²) in [4.78, 5) is 12.2. The lowest BCUT2D eigenvalue weighted by atomic mass is 10.1. The van der Waals surface area contributed by atoms with Crippen molar-refractivity contribution in [2.24, 2.45) is 5.92 Å². The first kappa shape index (κ1) is 17.2. The summed E-state index contributed by atoms with van der Waals surface area (Å²) in [6.45, 7) is 10.6. The molecule has 1 aromatic rings. The van der Waals surface area contributed by atoms with Crippen LogP contribution in [0.4, 0.5) is 5.69 Å². The summed E-state index contributed by atoms with van der Waals surface area (Å²) in [5.74, 6) is 0.522. The number of nitrogens with one attached hydrogen (secondary N) is 1. The number of nitrogens with zero attached hydrogens (tertiary/aromatic N) is 1. The molecule has 0 fully saturated rings. The molecule has 1 amide bonds. The smallest absolute Gasteiger partial charge is 0.290 e. The third kappa shape index (κ3) is 5.54. The van der Waals surface area contributed by atoms with E-state index in [4.69, 9.17) is 0 Å². The Morgan fingerprint density at radius 1 is 1.33 bits per heavy atom. The Hall–Kier alpha value is -1.90. The zero-order valence-corrected chi connectivity index (χ0v) is 13.8. The second-order valence-corrected chi connectivity index (χ2v) is 5.47. The van der Waals surface area contributed by atoms with Crippen LogP contribution >= 0.6 is 0 Å². The molecule has 0 aromatic heterocycles. The van der Waals surface area contributed by atoms with Crippen molar-refractivity contribution in [2.75, 3.05) is 11.9 Å². The van der Waals surface area contributed by atoms with Crippen LogP contribution in [-0.2, 0) is 4.79 Å². The maximum atomic E-state index is 12.2. The van der Waals surface area contributed by atoms with Gasteiger partial charge in [-0.15, -0.1) is 0 Å². The molecule has 0 heterocycles. The number of allylic oxidation sites excluding steroid dienone is 1. The molecule has 1 N–H and O–H groups in total. The number of hydrogen-bond donors (Lipinski definition) is 1. The summed E-state index contributed by atoms with van der Waals surface area (Å²) in [5.41, 5.74) is 3.10. The van der Waals surface area contributed by atoms with Crippen LogP contribution in [0.1, 0.15) is 38.3 Å². The molecule has 0 radical (unpaired) electrons. The summed E-state index contributed by atoms with van der Waals surface area (Å²) in [6, 6.07) is 6.02. The molecule has 0 saturated carbocycles. The first-order valence-electron chi connectivity index (χ1n) is 7.57. The zero-order valence-electron chi connectivity index (χ0n) is 13.8. The Labute approximate surface area is 128 Å². The van der Waals surface area contributed by atoms with Gasteiger partial charge in [-0.3, -0.25) is 4.79 Å². The Balaban J connectivity index is 2.70. The molecular formula is C18H27N2O+. The van der Waals surface area contributed by atoms with E-state index in [-0.39, 0.29) is 5.91 Å². The van der Waals surface area contributed by atoms with Gasteiger partial charge in [0.1, 0.15) is 6.21 Å². The highest BCUT2D eigenvalue weighted by molar-refractivity contribution is 5.93. The number of para-hydroxylation sites is 1. The van der Waals surface area contributed by atoms with Gasteiger partial charge in [-0.05, 0) is 43.4 Å². The SMILES string of the molecule is CC=[N+](/C=C\C(C)CC)CC(=O)Nc1c(C)cccc1C. The van der Waals surface area contributed by atoms with E-state index in [1.54, 1.807) is 0 Å². The van der Waals surface area contributed by atoms with Crippen LogP contribution in [0.25, 0.3) is 0 Å². The standard InChI is InChI=1S/C18H26N2O/c1-6-14(3)11-12-20(7-2)13-17(21)19-18-15(4)9-8-10-16(18)5/h7-12,14H,6,13H2,1-5H3/p+1/b12-11-,20-7?. The van der Waals surface area contributed by atoms with Crippen molar-refractivity contribution in [3.05, 3.63) is 41.6 Å². The number of benzene rings is 1. The monoisotopic (exact) mass is 287 g/mol. The lowest BCUT2D eigenvalue weighted by molar-refractivity contribution is -0.439. The average molecular weight is 287 g/mol. The van der Waals surface area contributed by atoms with Crippen molar-refractivity contribution in [3.63, 3.8) is 0 Å². The van der Waals surface area contributed by atoms with Crippen molar-refractivity contribution < 1.29 is 9.37 Å². The minimum Gasteiger partial charge on any atom is -0.320 e. The maximum Gasteiger partial charge on any atom is 0.290 e. The predicted octanol–water partition coefficient (Wildman–Crippen LogP) is 3.90. The van der Waals surface area contributed by atoms with Crippen molar-refractivity contribution >= 4 is 17.8 Å². The second kappa shape index (κ2) is 8.40. The minimum atomic E-state index is -0.000647. The molecule has 1 atom stereocenters. The fraction of sp³-hybridized carbons (Fsp3) is 0.444. The normalized spacial score (nSPS) is 13.5. The van der Waals surface area contributed by atoms with Crippen molar-refractivity contribution in [1.29, 1.82) is 0 Å². The molecule has 3 nitrogen and oxygen atoms in total. The van der Waals surface area contributed by atoms with Gasteiger partial charge in [0.15, 0.2) is 6.20 Å². The van der Waals surface area contributed by atoms with Gasteiger partial charge in [-0.1, -0.05) is 32.0 Å². The molecule has 1 aromatic carbocycles. The lowest BCUT2D eigenvalue weighted by Gasteiger charge is -2.10. The predicted molar refractivity (Wildman–Crippen MR) is 90.0 cm³/mol. The topological polar surface area (TPSA) is 32.1 Å². The van der Waals surface area contributed by atoms with Gasteiger partial charge >= 0.3 is 0 Å². The van der Waals surface area contributed by atoms with E-state index >= 15 is 0 Å².